The molecule has 7 heteroatoms. The number of nitrogens with zero attached hydrogens (tertiary/aromatic N) is 2. The first kappa shape index (κ1) is 17.0. The summed E-state index contributed by atoms with van der Waals surface area (Å²) in [6, 6.07) is 7.97. The van der Waals surface area contributed by atoms with Gasteiger partial charge in [-0.1, -0.05) is 18.2 Å². The van der Waals surface area contributed by atoms with Gasteiger partial charge in [-0.05, 0) is 25.0 Å². The minimum atomic E-state index is -3.19. The Hall–Kier alpha value is -1.86. The van der Waals surface area contributed by atoms with Crippen molar-refractivity contribution in [3.63, 3.8) is 0 Å². The Kier molecular flexibility index (Phi) is 4.64. The fourth-order valence-electron chi connectivity index (χ4n) is 3.30. The van der Waals surface area contributed by atoms with Crippen LogP contribution in [-0.2, 0) is 21.2 Å². The third-order valence-electron chi connectivity index (χ3n) is 4.63. The second kappa shape index (κ2) is 6.57. The Morgan fingerprint density at radius 2 is 1.92 bits per heavy atom. The van der Waals surface area contributed by atoms with Gasteiger partial charge in [0.25, 0.3) is 0 Å². The smallest absolute Gasteiger partial charge is 0.227 e. The summed E-state index contributed by atoms with van der Waals surface area (Å²) in [6.07, 6.45) is 2.24. The van der Waals surface area contributed by atoms with Crippen molar-refractivity contribution in [3.8, 4) is 0 Å². The van der Waals surface area contributed by atoms with Crippen LogP contribution in [0.4, 0.5) is 0 Å². The van der Waals surface area contributed by atoms with Crippen molar-refractivity contribution in [2.75, 3.05) is 32.4 Å². The molecule has 1 fully saturated rings. The largest absolute Gasteiger partial charge is 0.358 e. The van der Waals surface area contributed by atoms with Gasteiger partial charge in [-0.15, -0.1) is 0 Å². The fourth-order valence-corrected chi connectivity index (χ4v) is 4.17. The number of carbonyl (C=O) groups is 1. The number of sulfonamides is 1. The number of amides is 1. The number of fused-ring (bicyclic) bond motifs is 1. The second-order valence-corrected chi connectivity index (χ2v) is 8.33. The Morgan fingerprint density at radius 1 is 1.17 bits per heavy atom. The number of H-pyrrole nitrogens is 1. The third kappa shape index (κ3) is 3.47. The highest BCUT2D eigenvalue weighted by molar-refractivity contribution is 7.88. The second-order valence-electron chi connectivity index (χ2n) is 6.35. The minimum Gasteiger partial charge on any atom is -0.358 e. The summed E-state index contributed by atoms with van der Waals surface area (Å²) in [4.78, 5) is 17.8. The number of para-hydroxylation sites is 1. The van der Waals surface area contributed by atoms with Crippen molar-refractivity contribution < 1.29 is 13.2 Å². The summed E-state index contributed by atoms with van der Waals surface area (Å²) in [6.45, 7) is 3.89. The van der Waals surface area contributed by atoms with Crippen molar-refractivity contribution in [3.05, 3.63) is 35.5 Å². The number of aryl methyl sites for hydroxylation is 1. The first-order valence-electron chi connectivity index (χ1n) is 8.15. The SMILES string of the molecule is Cc1[nH]c2ccccc2c1CC(=O)N1CCCN(S(C)(=O)=O)CC1. The average molecular weight is 349 g/mol. The van der Waals surface area contributed by atoms with Crippen LogP contribution in [0.25, 0.3) is 10.9 Å². The monoisotopic (exact) mass is 349 g/mol. The summed E-state index contributed by atoms with van der Waals surface area (Å²) >= 11 is 0. The number of rotatable bonds is 3. The number of nitrogens with one attached hydrogen (secondary N) is 1. The van der Waals surface area contributed by atoms with Crippen molar-refractivity contribution in [2.24, 2.45) is 0 Å². The van der Waals surface area contributed by atoms with Crippen molar-refractivity contribution in [1.82, 2.24) is 14.2 Å². The molecule has 0 saturated carbocycles. The van der Waals surface area contributed by atoms with Crippen LogP contribution >= 0.6 is 0 Å². The number of carbonyl (C=O) groups excluding carboxylic acids is 1. The molecule has 1 amide bonds. The lowest BCUT2D eigenvalue weighted by atomic mass is 10.1. The molecule has 0 spiro atoms. The lowest BCUT2D eigenvalue weighted by molar-refractivity contribution is -0.130. The Morgan fingerprint density at radius 3 is 2.67 bits per heavy atom. The molecule has 6 nitrogen and oxygen atoms in total. The Balaban J connectivity index is 1.74. The van der Waals surface area contributed by atoms with E-state index in [-0.39, 0.29) is 5.91 Å². The van der Waals surface area contributed by atoms with Gasteiger partial charge in [0.2, 0.25) is 15.9 Å². The summed E-state index contributed by atoms with van der Waals surface area (Å²) in [5.41, 5.74) is 3.08. The highest BCUT2D eigenvalue weighted by atomic mass is 32.2. The number of hydrogen-bond acceptors (Lipinski definition) is 3. The maximum atomic E-state index is 12.7. The maximum Gasteiger partial charge on any atom is 0.227 e. The van der Waals surface area contributed by atoms with Crippen LogP contribution in [0.5, 0.6) is 0 Å². The molecule has 2 aromatic rings. The van der Waals surface area contributed by atoms with Gasteiger partial charge in [-0.2, -0.15) is 0 Å². The minimum absolute atomic E-state index is 0.0539. The highest BCUT2D eigenvalue weighted by Gasteiger charge is 2.24. The molecule has 130 valence electrons. The van der Waals surface area contributed by atoms with Gasteiger partial charge in [-0.25, -0.2) is 12.7 Å². The molecule has 0 bridgehead atoms. The van der Waals surface area contributed by atoms with E-state index >= 15 is 0 Å². The van der Waals surface area contributed by atoms with E-state index in [1.165, 1.54) is 10.6 Å². The average Bonchev–Trinajstić information content (AvgIpc) is 2.71. The summed E-state index contributed by atoms with van der Waals surface area (Å²) in [5, 5.41) is 1.08. The van der Waals surface area contributed by atoms with E-state index in [2.05, 4.69) is 4.98 Å². The molecular formula is C17H23N3O3S. The lowest BCUT2D eigenvalue weighted by Crippen LogP contribution is -2.37. The first-order chi connectivity index (χ1) is 11.4. The molecule has 0 unspecified atom stereocenters. The number of hydrogen-bond donors (Lipinski definition) is 1. The molecule has 2 heterocycles. The zero-order valence-electron chi connectivity index (χ0n) is 14.1. The highest BCUT2D eigenvalue weighted by Crippen LogP contribution is 2.23. The molecule has 1 aromatic heterocycles. The van der Waals surface area contributed by atoms with Crippen LogP contribution in [-0.4, -0.2) is 60.9 Å². The third-order valence-corrected chi connectivity index (χ3v) is 5.93. The number of aromatic amines is 1. The molecule has 1 aromatic carbocycles. The van der Waals surface area contributed by atoms with Crippen LogP contribution in [0.1, 0.15) is 17.7 Å². The number of aromatic nitrogens is 1. The molecule has 1 aliphatic heterocycles. The van der Waals surface area contributed by atoms with Gasteiger partial charge in [0.15, 0.2) is 0 Å². The molecule has 0 atom stereocenters. The molecule has 0 radical (unpaired) electrons. The molecule has 3 rings (SSSR count). The van der Waals surface area contributed by atoms with Crippen LogP contribution in [0.15, 0.2) is 24.3 Å². The Bertz CT molecular complexity index is 857. The van der Waals surface area contributed by atoms with E-state index in [0.717, 1.165) is 22.2 Å². The normalized spacial score (nSPS) is 17.2. The molecule has 1 N–H and O–H groups in total. The predicted molar refractivity (Wildman–Crippen MR) is 94.4 cm³/mol. The van der Waals surface area contributed by atoms with Gasteiger partial charge >= 0.3 is 0 Å². The van der Waals surface area contributed by atoms with E-state index in [9.17, 15) is 13.2 Å². The summed E-state index contributed by atoms with van der Waals surface area (Å²) in [5.74, 6) is 0.0539. The summed E-state index contributed by atoms with van der Waals surface area (Å²) < 4.78 is 24.8. The molecule has 1 aliphatic rings. The van der Waals surface area contributed by atoms with Gasteiger partial charge in [0.05, 0.1) is 12.7 Å². The van der Waals surface area contributed by atoms with E-state index in [1.807, 2.05) is 31.2 Å². The van der Waals surface area contributed by atoms with Crippen molar-refractivity contribution in [2.45, 2.75) is 19.8 Å². The quantitative estimate of drug-likeness (QED) is 0.913. The van der Waals surface area contributed by atoms with Gasteiger partial charge < -0.3 is 9.88 Å². The van der Waals surface area contributed by atoms with Gasteiger partial charge in [0, 0.05) is 42.8 Å². The van der Waals surface area contributed by atoms with Crippen molar-refractivity contribution in [1.29, 1.82) is 0 Å². The van der Waals surface area contributed by atoms with Crippen LogP contribution < -0.4 is 0 Å². The van der Waals surface area contributed by atoms with E-state index in [0.29, 0.717) is 39.0 Å². The predicted octanol–water partition coefficient (Wildman–Crippen LogP) is 1.51. The van der Waals surface area contributed by atoms with Crippen LogP contribution in [0.3, 0.4) is 0 Å². The summed E-state index contributed by atoms with van der Waals surface area (Å²) in [7, 11) is -3.19. The number of benzene rings is 1. The van der Waals surface area contributed by atoms with E-state index in [4.69, 9.17) is 0 Å². The molecule has 0 aliphatic carbocycles. The van der Waals surface area contributed by atoms with Crippen molar-refractivity contribution >= 4 is 26.8 Å². The fraction of sp³-hybridized carbons (Fsp3) is 0.471. The van der Waals surface area contributed by atoms with E-state index in [1.54, 1.807) is 4.90 Å². The standard InChI is InChI=1S/C17H23N3O3S/c1-13-15(14-6-3-4-7-16(14)18-13)12-17(21)19-8-5-9-20(11-10-19)24(2,22)23/h3-4,6-7,18H,5,8-12H2,1-2H3. The van der Waals surface area contributed by atoms with Gasteiger partial charge in [-0.3, -0.25) is 4.79 Å². The van der Waals surface area contributed by atoms with E-state index < -0.39 is 10.0 Å². The maximum absolute atomic E-state index is 12.7. The first-order valence-corrected chi connectivity index (χ1v) is 10.00. The van der Waals surface area contributed by atoms with Crippen LogP contribution in [0.2, 0.25) is 0 Å². The Labute approximate surface area is 142 Å². The lowest BCUT2D eigenvalue weighted by Gasteiger charge is -2.21. The zero-order chi connectivity index (χ0) is 17.3. The molecular weight excluding hydrogens is 326 g/mol. The molecule has 24 heavy (non-hydrogen) atoms. The topological polar surface area (TPSA) is 73.5 Å². The van der Waals surface area contributed by atoms with Gasteiger partial charge in [0.1, 0.15) is 0 Å². The zero-order valence-corrected chi connectivity index (χ0v) is 14.9. The van der Waals surface area contributed by atoms with Crippen LogP contribution in [0, 0.1) is 6.92 Å². The molecule has 1 saturated heterocycles.